The normalized spacial score (nSPS) is 24.9. The van der Waals surface area contributed by atoms with E-state index in [1.807, 2.05) is 24.4 Å². The first kappa shape index (κ1) is 18.6. The Kier molecular flexibility index (Phi) is 5.92. The van der Waals surface area contributed by atoms with Crippen LogP contribution in [0.4, 0.5) is 0 Å². The molecular formula is C19H25Cl2N3O. The van der Waals surface area contributed by atoms with Crippen LogP contribution in [0.25, 0.3) is 10.9 Å². The minimum Gasteiger partial charge on any atom is -0.361 e. The molecule has 2 aliphatic rings. The third-order valence-corrected chi connectivity index (χ3v) is 5.73. The number of benzene rings is 1. The van der Waals surface area contributed by atoms with E-state index in [0.717, 1.165) is 35.2 Å². The lowest BCUT2D eigenvalue weighted by Gasteiger charge is -2.28. The van der Waals surface area contributed by atoms with Gasteiger partial charge < -0.3 is 15.6 Å². The van der Waals surface area contributed by atoms with Crippen LogP contribution < -0.4 is 10.6 Å². The molecule has 1 amide bonds. The number of hydrogen-bond acceptors (Lipinski definition) is 2. The van der Waals surface area contributed by atoms with Crippen molar-refractivity contribution in [1.82, 2.24) is 15.6 Å². The van der Waals surface area contributed by atoms with Gasteiger partial charge in [0.25, 0.3) is 0 Å². The van der Waals surface area contributed by atoms with Crippen molar-refractivity contribution in [3.05, 3.63) is 35.0 Å². The Morgan fingerprint density at radius 3 is 2.76 bits per heavy atom. The van der Waals surface area contributed by atoms with Gasteiger partial charge in [0, 0.05) is 47.2 Å². The number of piperidine rings is 1. The van der Waals surface area contributed by atoms with Gasteiger partial charge in [-0.1, -0.05) is 11.6 Å². The molecule has 4 rings (SSSR count). The maximum absolute atomic E-state index is 12.2. The van der Waals surface area contributed by atoms with Crippen molar-refractivity contribution in [2.75, 3.05) is 6.54 Å². The topological polar surface area (TPSA) is 56.9 Å². The van der Waals surface area contributed by atoms with Gasteiger partial charge in [0.05, 0.1) is 0 Å². The number of fused-ring (bicyclic) bond motifs is 3. The Hall–Kier alpha value is -1.23. The van der Waals surface area contributed by atoms with Crippen molar-refractivity contribution in [2.24, 2.45) is 5.92 Å². The van der Waals surface area contributed by atoms with Crippen LogP contribution in [0.3, 0.4) is 0 Å². The number of halogens is 2. The van der Waals surface area contributed by atoms with E-state index in [1.54, 1.807) is 0 Å². The highest BCUT2D eigenvalue weighted by atomic mass is 35.5. The smallest absolute Gasteiger partial charge is 0.220 e. The van der Waals surface area contributed by atoms with Crippen LogP contribution >= 0.6 is 24.0 Å². The van der Waals surface area contributed by atoms with Crippen LogP contribution in [0.1, 0.15) is 37.7 Å². The highest BCUT2D eigenvalue weighted by Gasteiger charge is 2.34. The number of rotatable bonds is 5. The fourth-order valence-corrected chi connectivity index (χ4v) is 4.54. The summed E-state index contributed by atoms with van der Waals surface area (Å²) in [4.78, 5) is 15.5. The van der Waals surface area contributed by atoms with E-state index in [9.17, 15) is 4.79 Å². The summed E-state index contributed by atoms with van der Waals surface area (Å²) in [6, 6.07) is 7.16. The maximum Gasteiger partial charge on any atom is 0.220 e. The Morgan fingerprint density at radius 1 is 1.24 bits per heavy atom. The Balaban J connectivity index is 0.00000182. The zero-order valence-corrected chi connectivity index (χ0v) is 15.8. The second kappa shape index (κ2) is 7.98. The van der Waals surface area contributed by atoms with Crippen LogP contribution in [-0.2, 0) is 11.2 Å². The molecule has 2 fully saturated rings. The zero-order chi connectivity index (χ0) is 16.5. The standard InChI is InChI=1S/C19H24ClN3O.ClH/c20-14-1-4-18-17(10-14)13(11-22-18)5-6-21-19(24)9-12-7-15-2-3-16(8-12)23-15;/h1,4,10-12,15-16,22-23H,2-3,5-9H2,(H,21,24);1H. The largest absolute Gasteiger partial charge is 0.361 e. The average Bonchev–Trinajstić information content (AvgIpc) is 3.10. The summed E-state index contributed by atoms with van der Waals surface area (Å²) in [5.41, 5.74) is 2.29. The highest BCUT2D eigenvalue weighted by Crippen LogP contribution is 2.32. The molecule has 2 aliphatic heterocycles. The van der Waals surface area contributed by atoms with Crippen LogP contribution in [0.2, 0.25) is 5.02 Å². The fraction of sp³-hybridized carbons (Fsp3) is 0.526. The molecule has 4 nitrogen and oxygen atoms in total. The highest BCUT2D eigenvalue weighted by molar-refractivity contribution is 6.31. The monoisotopic (exact) mass is 381 g/mol. The van der Waals surface area contributed by atoms with Crippen molar-refractivity contribution in [3.63, 3.8) is 0 Å². The van der Waals surface area contributed by atoms with Crippen molar-refractivity contribution >= 4 is 40.8 Å². The van der Waals surface area contributed by atoms with Gasteiger partial charge in [-0.05, 0) is 61.8 Å². The minimum atomic E-state index is 0. The van der Waals surface area contributed by atoms with Gasteiger partial charge in [-0.15, -0.1) is 12.4 Å². The lowest BCUT2D eigenvalue weighted by Crippen LogP contribution is -2.39. The molecule has 0 radical (unpaired) electrons. The maximum atomic E-state index is 12.2. The average molecular weight is 382 g/mol. The molecule has 0 spiro atoms. The number of hydrogen-bond donors (Lipinski definition) is 3. The quantitative estimate of drug-likeness (QED) is 0.736. The lowest BCUT2D eigenvalue weighted by molar-refractivity contribution is -0.122. The van der Waals surface area contributed by atoms with Gasteiger partial charge in [-0.3, -0.25) is 4.79 Å². The number of H-pyrrole nitrogens is 1. The molecule has 6 heteroatoms. The Labute approximate surface area is 159 Å². The van der Waals surface area contributed by atoms with E-state index >= 15 is 0 Å². The predicted octanol–water partition coefficient (Wildman–Crippen LogP) is 3.82. The minimum absolute atomic E-state index is 0. The molecule has 0 aliphatic carbocycles. The van der Waals surface area contributed by atoms with Gasteiger partial charge in [0.2, 0.25) is 5.91 Å². The van der Waals surface area contributed by atoms with E-state index in [2.05, 4.69) is 15.6 Å². The zero-order valence-electron chi connectivity index (χ0n) is 14.2. The second-order valence-corrected chi connectivity index (χ2v) is 7.72. The fourth-order valence-electron chi connectivity index (χ4n) is 4.37. The van der Waals surface area contributed by atoms with Gasteiger partial charge in [-0.2, -0.15) is 0 Å². The third kappa shape index (κ3) is 4.30. The first-order valence-electron chi connectivity index (χ1n) is 8.95. The molecule has 2 bridgehead atoms. The number of aromatic amines is 1. The molecular weight excluding hydrogens is 357 g/mol. The van der Waals surface area contributed by atoms with Crippen molar-refractivity contribution in [1.29, 1.82) is 0 Å². The number of aromatic nitrogens is 1. The van der Waals surface area contributed by atoms with Crippen LogP contribution in [-0.4, -0.2) is 29.5 Å². The molecule has 2 unspecified atom stereocenters. The van der Waals surface area contributed by atoms with Crippen LogP contribution in [0, 0.1) is 5.92 Å². The van der Waals surface area contributed by atoms with Crippen molar-refractivity contribution in [3.8, 4) is 0 Å². The number of carbonyl (C=O) groups is 1. The van der Waals surface area contributed by atoms with Crippen LogP contribution in [0.5, 0.6) is 0 Å². The van der Waals surface area contributed by atoms with Crippen LogP contribution in [0.15, 0.2) is 24.4 Å². The molecule has 2 saturated heterocycles. The van der Waals surface area contributed by atoms with E-state index in [1.165, 1.54) is 18.4 Å². The van der Waals surface area contributed by atoms with Gasteiger partial charge >= 0.3 is 0 Å². The summed E-state index contributed by atoms with van der Waals surface area (Å²) in [5.74, 6) is 0.745. The summed E-state index contributed by atoms with van der Waals surface area (Å²) in [6.45, 7) is 0.677. The number of nitrogens with one attached hydrogen (secondary N) is 3. The molecule has 2 aromatic rings. The van der Waals surface area contributed by atoms with Crippen molar-refractivity contribution in [2.45, 2.75) is 50.6 Å². The summed E-state index contributed by atoms with van der Waals surface area (Å²) in [7, 11) is 0. The number of amides is 1. The van der Waals surface area contributed by atoms with Gasteiger partial charge in [0.1, 0.15) is 0 Å². The van der Waals surface area contributed by atoms with Gasteiger partial charge in [-0.25, -0.2) is 0 Å². The van der Waals surface area contributed by atoms with Crippen molar-refractivity contribution < 1.29 is 4.79 Å². The molecule has 3 heterocycles. The molecule has 2 atom stereocenters. The molecule has 3 N–H and O–H groups in total. The SMILES string of the molecule is Cl.O=C(CC1CC2CCC(C1)N2)NCCc1c[nH]c2ccc(Cl)cc12. The first-order valence-corrected chi connectivity index (χ1v) is 9.33. The Bertz CT molecular complexity index is 733. The summed E-state index contributed by atoms with van der Waals surface area (Å²) >= 11 is 6.08. The Morgan fingerprint density at radius 2 is 2.00 bits per heavy atom. The summed E-state index contributed by atoms with van der Waals surface area (Å²) in [6.07, 6.45) is 8.39. The van der Waals surface area contributed by atoms with E-state index < -0.39 is 0 Å². The number of carbonyl (C=O) groups excluding carboxylic acids is 1. The van der Waals surface area contributed by atoms with E-state index in [4.69, 9.17) is 11.6 Å². The van der Waals surface area contributed by atoms with E-state index in [-0.39, 0.29) is 18.3 Å². The first-order chi connectivity index (χ1) is 11.7. The molecule has 136 valence electrons. The van der Waals surface area contributed by atoms with E-state index in [0.29, 0.717) is 31.0 Å². The summed E-state index contributed by atoms with van der Waals surface area (Å²) < 4.78 is 0. The molecule has 0 saturated carbocycles. The second-order valence-electron chi connectivity index (χ2n) is 7.28. The molecule has 25 heavy (non-hydrogen) atoms. The predicted molar refractivity (Wildman–Crippen MR) is 105 cm³/mol. The molecule has 1 aromatic carbocycles. The summed E-state index contributed by atoms with van der Waals surface area (Å²) in [5, 5.41) is 8.61. The third-order valence-electron chi connectivity index (χ3n) is 5.49. The molecule has 1 aromatic heterocycles. The lowest BCUT2D eigenvalue weighted by atomic mass is 9.89. The van der Waals surface area contributed by atoms with Gasteiger partial charge in [0.15, 0.2) is 0 Å².